The minimum absolute atomic E-state index is 0.0844. The highest BCUT2D eigenvalue weighted by molar-refractivity contribution is 5.94. The first-order valence-corrected chi connectivity index (χ1v) is 13.3. The van der Waals surface area contributed by atoms with Crippen LogP contribution in [0.2, 0.25) is 0 Å². The van der Waals surface area contributed by atoms with Crippen LogP contribution in [0, 0.1) is 23.2 Å². The van der Waals surface area contributed by atoms with Gasteiger partial charge in [0.05, 0.1) is 11.5 Å². The molecule has 1 saturated carbocycles. The zero-order chi connectivity index (χ0) is 29.1. The Labute approximate surface area is 229 Å². The third kappa shape index (κ3) is 6.54. The molecule has 1 fully saturated rings. The number of rotatable bonds is 4. The predicted octanol–water partition coefficient (Wildman–Crippen LogP) is 4.81. The Morgan fingerprint density at radius 3 is 2.18 bits per heavy atom. The summed E-state index contributed by atoms with van der Waals surface area (Å²) in [6, 6.07) is 8.48. The van der Waals surface area contributed by atoms with Crippen molar-refractivity contribution in [2.45, 2.75) is 79.1 Å². The maximum atomic E-state index is 14.1. The highest BCUT2D eigenvalue weighted by Crippen LogP contribution is 2.48. The molecule has 0 bridgehead atoms. The lowest BCUT2D eigenvalue weighted by atomic mass is 9.76. The lowest BCUT2D eigenvalue weighted by molar-refractivity contribution is -0.171. The number of hydrogen-bond acceptors (Lipinski definition) is 8. The number of carbonyl (C=O) groups is 5. The van der Waals surface area contributed by atoms with Crippen LogP contribution < -0.4 is 0 Å². The fourth-order valence-electron chi connectivity index (χ4n) is 5.48. The van der Waals surface area contributed by atoms with Gasteiger partial charge in [-0.3, -0.25) is 19.2 Å². The van der Waals surface area contributed by atoms with E-state index in [2.05, 4.69) is 0 Å². The molecule has 2 aliphatic rings. The Hall–Kier alpha value is -3.55. The minimum Gasteiger partial charge on any atom is -0.458 e. The largest absolute Gasteiger partial charge is 0.458 e. The van der Waals surface area contributed by atoms with E-state index in [0.29, 0.717) is 11.1 Å². The van der Waals surface area contributed by atoms with Crippen molar-refractivity contribution in [3.8, 4) is 0 Å². The SMILES string of the molecule is CC(=O)O[C@@H]1CC(=O)C(C)(C)C=C[C@H](C)C(=O)[C@@]2(OC(C)=O)C[C@@H](C)[C@H](OC(=O)c3ccccc3)[C@@H]2C=C1C. The van der Waals surface area contributed by atoms with Gasteiger partial charge in [0.1, 0.15) is 18.0 Å². The Bertz CT molecular complexity index is 1190. The quantitative estimate of drug-likeness (QED) is 0.305. The lowest BCUT2D eigenvalue weighted by Gasteiger charge is -2.36. The Balaban J connectivity index is 2.21. The molecule has 8 nitrogen and oxygen atoms in total. The maximum absolute atomic E-state index is 14.1. The fourth-order valence-corrected chi connectivity index (χ4v) is 5.48. The van der Waals surface area contributed by atoms with Gasteiger partial charge in [-0.25, -0.2) is 4.79 Å². The van der Waals surface area contributed by atoms with Gasteiger partial charge in [-0.05, 0) is 44.4 Å². The second-order valence-electron chi connectivity index (χ2n) is 11.3. The molecule has 0 radical (unpaired) electrons. The van der Waals surface area contributed by atoms with Crippen LogP contribution in [0.25, 0.3) is 0 Å². The van der Waals surface area contributed by atoms with Gasteiger partial charge < -0.3 is 14.2 Å². The summed E-state index contributed by atoms with van der Waals surface area (Å²) in [7, 11) is 0. The van der Waals surface area contributed by atoms with Crippen LogP contribution in [0.1, 0.15) is 71.7 Å². The first kappa shape index (κ1) is 30.0. The smallest absolute Gasteiger partial charge is 0.338 e. The van der Waals surface area contributed by atoms with Gasteiger partial charge in [-0.2, -0.15) is 0 Å². The molecule has 0 amide bonds. The van der Waals surface area contributed by atoms with E-state index >= 15 is 0 Å². The van der Waals surface area contributed by atoms with E-state index in [9.17, 15) is 24.0 Å². The van der Waals surface area contributed by atoms with E-state index in [1.54, 1.807) is 76.3 Å². The molecule has 0 saturated heterocycles. The van der Waals surface area contributed by atoms with Crippen LogP contribution in [0.5, 0.6) is 0 Å². The summed E-state index contributed by atoms with van der Waals surface area (Å²) in [6.07, 6.45) is 3.30. The molecule has 6 atom stereocenters. The normalized spacial score (nSPS) is 30.7. The minimum atomic E-state index is -1.63. The lowest BCUT2D eigenvalue weighted by Crippen LogP contribution is -2.50. The van der Waals surface area contributed by atoms with Crippen molar-refractivity contribution >= 4 is 29.5 Å². The van der Waals surface area contributed by atoms with Crippen molar-refractivity contribution < 1.29 is 38.2 Å². The van der Waals surface area contributed by atoms with E-state index in [1.165, 1.54) is 13.8 Å². The van der Waals surface area contributed by atoms with Gasteiger partial charge in [-0.15, -0.1) is 0 Å². The van der Waals surface area contributed by atoms with E-state index in [1.807, 2.05) is 6.92 Å². The number of benzene rings is 1. The first-order chi connectivity index (χ1) is 18.2. The first-order valence-electron chi connectivity index (χ1n) is 13.3. The molecule has 3 rings (SSSR count). The van der Waals surface area contributed by atoms with Gasteiger partial charge in [0.15, 0.2) is 11.4 Å². The number of esters is 3. The van der Waals surface area contributed by atoms with Gasteiger partial charge in [-0.1, -0.05) is 50.3 Å². The van der Waals surface area contributed by atoms with Crippen LogP contribution in [0.4, 0.5) is 0 Å². The van der Waals surface area contributed by atoms with E-state index < -0.39 is 53.0 Å². The molecule has 0 N–H and O–H groups in total. The number of hydrogen-bond donors (Lipinski definition) is 0. The van der Waals surface area contributed by atoms with Crippen molar-refractivity contribution in [3.63, 3.8) is 0 Å². The summed E-state index contributed by atoms with van der Waals surface area (Å²) in [5.41, 5.74) is -1.73. The molecule has 0 aromatic heterocycles. The Morgan fingerprint density at radius 1 is 0.949 bits per heavy atom. The van der Waals surface area contributed by atoms with Crippen LogP contribution in [0.15, 0.2) is 54.1 Å². The highest BCUT2D eigenvalue weighted by Gasteiger charge is 2.60. The van der Waals surface area contributed by atoms with Crippen molar-refractivity contribution in [3.05, 3.63) is 59.7 Å². The fraction of sp³-hybridized carbons (Fsp3) is 0.516. The zero-order valence-corrected chi connectivity index (χ0v) is 23.7. The maximum Gasteiger partial charge on any atom is 0.338 e. The molecule has 0 heterocycles. The highest BCUT2D eigenvalue weighted by atomic mass is 16.6. The molecule has 1 aromatic carbocycles. The van der Waals surface area contributed by atoms with Crippen molar-refractivity contribution in [1.29, 1.82) is 0 Å². The van der Waals surface area contributed by atoms with Gasteiger partial charge in [0, 0.05) is 38.0 Å². The predicted molar refractivity (Wildman–Crippen MR) is 143 cm³/mol. The molecule has 39 heavy (non-hydrogen) atoms. The van der Waals surface area contributed by atoms with Crippen molar-refractivity contribution in [2.75, 3.05) is 0 Å². The Morgan fingerprint density at radius 2 is 1.59 bits per heavy atom. The van der Waals surface area contributed by atoms with E-state index in [4.69, 9.17) is 14.2 Å². The third-order valence-electron chi connectivity index (χ3n) is 7.64. The van der Waals surface area contributed by atoms with Crippen LogP contribution in [0.3, 0.4) is 0 Å². The number of fused-ring (bicyclic) bond motifs is 1. The van der Waals surface area contributed by atoms with Crippen molar-refractivity contribution in [2.24, 2.45) is 23.2 Å². The van der Waals surface area contributed by atoms with E-state index in [-0.39, 0.29) is 30.3 Å². The topological polar surface area (TPSA) is 113 Å². The number of carbonyl (C=O) groups excluding carboxylic acids is 5. The average Bonchev–Trinajstić information content (AvgIpc) is 3.11. The second-order valence-corrected chi connectivity index (χ2v) is 11.3. The summed E-state index contributed by atoms with van der Waals surface area (Å²) in [4.78, 5) is 64.9. The zero-order valence-electron chi connectivity index (χ0n) is 23.7. The summed E-state index contributed by atoms with van der Waals surface area (Å²) in [6.45, 7) is 11.2. The molecule has 0 unspecified atom stereocenters. The molecular weight excluding hydrogens is 500 g/mol. The third-order valence-corrected chi connectivity index (χ3v) is 7.64. The molecular formula is C31H38O8. The summed E-state index contributed by atoms with van der Waals surface area (Å²) in [5.74, 6) is -4.25. The molecule has 0 spiro atoms. The summed E-state index contributed by atoms with van der Waals surface area (Å²) >= 11 is 0. The Kier molecular flexibility index (Phi) is 8.98. The second kappa shape index (κ2) is 11.7. The number of ketones is 2. The van der Waals surface area contributed by atoms with Gasteiger partial charge in [0.2, 0.25) is 0 Å². The molecule has 8 heteroatoms. The van der Waals surface area contributed by atoms with Gasteiger partial charge in [0.25, 0.3) is 0 Å². The van der Waals surface area contributed by atoms with Crippen LogP contribution in [-0.2, 0) is 33.4 Å². The van der Waals surface area contributed by atoms with Crippen molar-refractivity contribution in [1.82, 2.24) is 0 Å². The average molecular weight is 539 g/mol. The molecule has 1 aromatic rings. The van der Waals surface area contributed by atoms with E-state index in [0.717, 1.165) is 0 Å². The van der Waals surface area contributed by atoms with Gasteiger partial charge >= 0.3 is 17.9 Å². The number of ether oxygens (including phenoxy) is 3. The number of allylic oxidation sites excluding steroid dienone is 2. The van der Waals surface area contributed by atoms with Crippen LogP contribution in [-0.4, -0.2) is 47.3 Å². The van der Waals surface area contributed by atoms with Crippen LogP contribution >= 0.6 is 0 Å². The number of Topliss-reactive ketones (excluding diaryl/α,β-unsaturated/α-hetero) is 2. The standard InChI is InChI=1S/C31H38O8/c1-18-13-14-30(6,7)26(34)16-25(37-21(4)32)19(2)15-24-27(38-29(36)23-11-9-8-10-12-23)20(3)17-31(24,28(18)35)39-22(5)33/h8-15,18,20,24-25,27H,16-17H2,1-7H3/t18-,20+,24-,25+,27-,31+/m0/s1. The summed E-state index contributed by atoms with van der Waals surface area (Å²) < 4.78 is 17.4. The molecule has 2 aliphatic carbocycles. The molecule has 210 valence electrons. The molecule has 0 aliphatic heterocycles. The monoisotopic (exact) mass is 538 g/mol. The summed E-state index contributed by atoms with van der Waals surface area (Å²) in [5, 5.41) is 0.